The van der Waals surface area contributed by atoms with Crippen LogP contribution in [-0.2, 0) is 4.79 Å². The van der Waals surface area contributed by atoms with Crippen LogP contribution in [0, 0.1) is 15.9 Å². The number of nitrogens with zero attached hydrogens (tertiary/aromatic N) is 2. The Labute approximate surface area is 103 Å². The van der Waals surface area contributed by atoms with E-state index in [-0.39, 0.29) is 23.3 Å². The van der Waals surface area contributed by atoms with E-state index in [9.17, 15) is 19.3 Å². The van der Waals surface area contributed by atoms with Crippen LogP contribution in [0.3, 0.4) is 0 Å². The molecule has 2 rings (SSSR count). The van der Waals surface area contributed by atoms with Crippen molar-refractivity contribution in [1.29, 1.82) is 0 Å². The summed E-state index contributed by atoms with van der Waals surface area (Å²) in [5.41, 5.74) is -0.239. The highest BCUT2D eigenvalue weighted by molar-refractivity contribution is 5.99. The Balaban J connectivity index is 2.30. The van der Waals surface area contributed by atoms with Crippen LogP contribution in [0.15, 0.2) is 18.2 Å². The van der Waals surface area contributed by atoms with Crippen LogP contribution in [-0.4, -0.2) is 30.5 Å². The first kappa shape index (κ1) is 12.4. The monoisotopic (exact) mass is 253 g/mol. The van der Waals surface area contributed by atoms with Crippen LogP contribution in [0.5, 0.6) is 0 Å². The van der Waals surface area contributed by atoms with E-state index in [4.69, 9.17) is 0 Å². The standard InChI is InChI=1S/C11H12FN3O3/c1-13-9-4-5-14(11(9)16)10-3-2-7(15(17)18)6-8(10)12/h2-3,6,9,13H,4-5H2,1H3. The maximum absolute atomic E-state index is 13.7. The molecule has 96 valence electrons. The summed E-state index contributed by atoms with van der Waals surface area (Å²) in [4.78, 5) is 23.0. The summed E-state index contributed by atoms with van der Waals surface area (Å²) in [6.45, 7) is 0.402. The van der Waals surface area contributed by atoms with Gasteiger partial charge in [-0.2, -0.15) is 0 Å². The van der Waals surface area contributed by atoms with E-state index in [0.29, 0.717) is 13.0 Å². The Morgan fingerprint density at radius 1 is 1.56 bits per heavy atom. The molecule has 0 saturated carbocycles. The largest absolute Gasteiger partial charge is 0.309 e. The second-order valence-corrected chi connectivity index (χ2v) is 4.01. The quantitative estimate of drug-likeness (QED) is 0.645. The van der Waals surface area contributed by atoms with E-state index in [1.54, 1.807) is 7.05 Å². The number of nitro benzene ring substituents is 1. The lowest BCUT2D eigenvalue weighted by molar-refractivity contribution is -0.385. The number of nitrogens with one attached hydrogen (secondary N) is 1. The maximum atomic E-state index is 13.7. The van der Waals surface area contributed by atoms with Crippen molar-refractivity contribution in [3.05, 3.63) is 34.1 Å². The molecule has 1 N–H and O–H groups in total. The van der Waals surface area contributed by atoms with Crippen molar-refractivity contribution in [1.82, 2.24) is 5.32 Å². The smallest absolute Gasteiger partial charge is 0.272 e. The molecule has 1 heterocycles. The number of rotatable bonds is 3. The topological polar surface area (TPSA) is 75.5 Å². The molecule has 1 amide bonds. The molecule has 18 heavy (non-hydrogen) atoms. The first-order valence-electron chi connectivity index (χ1n) is 5.47. The third kappa shape index (κ3) is 2.04. The zero-order valence-corrected chi connectivity index (χ0v) is 9.72. The summed E-state index contributed by atoms with van der Waals surface area (Å²) in [6.07, 6.45) is 0.589. The number of hydrogen-bond donors (Lipinski definition) is 1. The number of carbonyl (C=O) groups is 1. The molecule has 6 nitrogen and oxygen atoms in total. The van der Waals surface area contributed by atoms with Gasteiger partial charge in [0.2, 0.25) is 5.91 Å². The van der Waals surface area contributed by atoms with Gasteiger partial charge in [-0.1, -0.05) is 0 Å². The van der Waals surface area contributed by atoms with Crippen molar-refractivity contribution in [3.63, 3.8) is 0 Å². The molecule has 0 aromatic heterocycles. The Hall–Kier alpha value is -2.02. The molecular formula is C11H12FN3O3. The summed E-state index contributed by atoms with van der Waals surface area (Å²) < 4.78 is 13.7. The number of halogens is 1. The van der Waals surface area contributed by atoms with Gasteiger partial charge in [-0.15, -0.1) is 0 Å². The highest BCUT2D eigenvalue weighted by atomic mass is 19.1. The number of nitro groups is 1. The molecule has 1 fully saturated rings. The van der Waals surface area contributed by atoms with Gasteiger partial charge in [0.15, 0.2) is 5.82 Å². The van der Waals surface area contributed by atoms with Gasteiger partial charge >= 0.3 is 0 Å². The highest BCUT2D eigenvalue weighted by Gasteiger charge is 2.33. The van der Waals surface area contributed by atoms with Gasteiger partial charge in [-0.3, -0.25) is 14.9 Å². The highest BCUT2D eigenvalue weighted by Crippen LogP contribution is 2.27. The molecule has 0 aliphatic carbocycles. The van der Waals surface area contributed by atoms with E-state index in [0.717, 1.165) is 6.07 Å². The van der Waals surface area contributed by atoms with E-state index >= 15 is 0 Å². The summed E-state index contributed by atoms with van der Waals surface area (Å²) in [5, 5.41) is 13.3. The maximum Gasteiger partial charge on any atom is 0.272 e. The lowest BCUT2D eigenvalue weighted by atomic mass is 10.2. The van der Waals surface area contributed by atoms with Crippen LogP contribution < -0.4 is 10.2 Å². The predicted octanol–water partition coefficient (Wildman–Crippen LogP) is 1.06. The fourth-order valence-corrected chi connectivity index (χ4v) is 2.02. The van der Waals surface area contributed by atoms with Gasteiger partial charge in [-0.25, -0.2) is 4.39 Å². The molecule has 1 saturated heterocycles. The van der Waals surface area contributed by atoms with Crippen LogP contribution >= 0.6 is 0 Å². The van der Waals surface area contributed by atoms with Gasteiger partial charge in [0.05, 0.1) is 22.7 Å². The molecule has 1 aromatic carbocycles. The average Bonchev–Trinajstić information content (AvgIpc) is 2.70. The van der Waals surface area contributed by atoms with E-state index in [1.807, 2.05) is 0 Å². The number of amides is 1. The van der Waals surface area contributed by atoms with E-state index in [1.165, 1.54) is 17.0 Å². The van der Waals surface area contributed by atoms with Crippen molar-refractivity contribution in [2.75, 3.05) is 18.5 Å². The molecule has 7 heteroatoms. The molecule has 0 radical (unpaired) electrons. The molecule has 1 aliphatic rings. The second kappa shape index (κ2) is 4.69. The third-order valence-corrected chi connectivity index (χ3v) is 2.99. The Morgan fingerprint density at radius 3 is 2.78 bits per heavy atom. The van der Waals surface area contributed by atoms with Gasteiger partial charge in [-0.05, 0) is 19.5 Å². The minimum Gasteiger partial charge on any atom is -0.309 e. The van der Waals surface area contributed by atoms with Crippen LogP contribution in [0.2, 0.25) is 0 Å². The van der Waals surface area contributed by atoms with Crippen molar-refractivity contribution in [2.24, 2.45) is 0 Å². The molecule has 1 aromatic rings. The van der Waals surface area contributed by atoms with Crippen molar-refractivity contribution in [2.45, 2.75) is 12.5 Å². The average molecular weight is 253 g/mol. The first-order chi connectivity index (χ1) is 8.54. The molecule has 1 unspecified atom stereocenters. The van der Waals surface area contributed by atoms with Crippen LogP contribution in [0.4, 0.5) is 15.8 Å². The minimum absolute atomic E-state index is 0.0864. The SMILES string of the molecule is CNC1CCN(c2ccc([N+](=O)[O-])cc2F)C1=O. The molecule has 0 bridgehead atoms. The number of likely N-dealkylation sites (N-methyl/N-ethyl adjacent to an activating group) is 1. The first-order valence-corrected chi connectivity index (χ1v) is 5.47. The van der Waals surface area contributed by atoms with E-state index in [2.05, 4.69) is 5.32 Å². The van der Waals surface area contributed by atoms with Crippen LogP contribution in [0.25, 0.3) is 0 Å². The number of non-ortho nitro benzene ring substituents is 1. The minimum atomic E-state index is -0.755. The number of anilines is 1. The Kier molecular flexibility index (Phi) is 3.24. The Morgan fingerprint density at radius 2 is 2.28 bits per heavy atom. The third-order valence-electron chi connectivity index (χ3n) is 2.99. The summed E-state index contributed by atoms with van der Waals surface area (Å²) in [7, 11) is 1.66. The zero-order valence-electron chi connectivity index (χ0n) is 9.72. The predicted molar refractivity (Wildman–Crippen MR) is 62.9 cm³/mol. The fourth-order valence-electron chi connectivity index (χ4n) is 2.02. The number of hydrogen-bond acceptors (Lipinski definition) is 4. The summed E-state index contributed by atoms with van der Waals surface area (Å²) in [6, 6.07) is 2.97. The molecule has 0 spiro atoms. The van der Waals surface area contributed by atoms with Gasteiger partial charge in [0.1, 0.15) is 0 Å². The molecule has 1 aliphatic heterocycles. The van der Waals surface area contributed by atoms with Gasteiger partial charge < -0.3 is 10.2 Å². The Bertz CT molecular complexity index is 506. The molecule has 1 atom stereocenters. The summed E-state index contributed by atoms with van der Waals surface area (Å²) in [5.74, 6) is -0.973. The molecular weight excluding hydrogens is 241 g/mol. The normalized spacial score (nSPS) is 19.3. The summed E-state index contributed by atoms with van der Waals surface area (Å²) >= 11 is 0. The van der Waals surface area contributed by atoms with Crippen molar-refractivity contribution in [3.8, 4) is 0 Å². The fraction of sp³-hybridized carbons (Fsp3) is 0.364. The van der Waals surface area contributed by atoms with Crippen molar-refractivity contribution < 1.29 is 14.1 Å². The van der Waals surface area contributed by atoms with E-state index < -0.39 is 10.7 Å². The van der Waals surface area contributed by atoms with Gasteiger partial charge in [0.25, 0.3) is 5.69 Å². The number of benzene rings is 1. The lowest BCUT2D eigenvalue weighted by Crippen LogP contribution is -2.36. The second-order valence-electron chi connectivity index (χ2n) is 4.01. The van der Waals surface area contributed by atoms with Crippen molar-refractivity contribution >= 4 is 17.3 Å². The lowest BCUT2D eigenvalue weighted by Gasteiger charge is -2.17. The number of carbonyl (C=O) groups excluding carboxylic acids is 1. The van der Waals surface area contributed by atoms with Crippen LogP contribution in [0.1, 0.15) is 6.42 Å². The zero-order chi connectivity index (χ0) is 13.3. The van der Waals surface area contributed by atoms with Gasteiger partial charge in [0, 0.05) is 12.6 Å².